The van der Waals surface area contributed by atoms with Crippen LogP contribution < -0.4 is 4.90 Å². The Hall–Kier alpha value is -6.68. The van der Waals surface area contributed by atoms with Crippen LogP contribution in [-0.4, -0.2) is 0 Å². The summed E-state index contributed by atoms with van der Waals surface area (Å²) in [6, 6.07) is 67.9. The second-order valence-corrected chi connectivity index (χ2v) is 14.7. The highest BCUT2D eigenvalue weighted by Crippen LogP contribution is 2.48. The Morgan fingerprint density at radius 2 is 1.06 bits per heavy atom. The molecule has 0 bridgehead atoms. The number of para-hydroxylation sites is 1. The van der Waals surface area contributed by atoms with Crippen LogP contribution in [0.4, 0.5) is 17.1 Å². The summed E-state index contributed by atoms with van der Waals surface area (Å²) < 4.78 is 9.34. The molecule has 3 heteroatoms. The van der Waals surface area contributed by atoms with Gasteiger partial charge in [-0.2, -0.15) is 0 Å². The molecule has 2 aromatic heterocycles. The third-order valence-corrected chi connectivity index (χ3v) is 11.8. The zero-order valence-electron chi connectivity index (χ0n) is 28.7. The number of nitrogens with zero attached hydrogens (tertiary/aromatic N) is 1. The average Bonchev–Trinajstić information content (AvgIpc) is 3.80. The third-order valence-electron chi connectivity index (χ3n) is 10.6. The SMILES string of the molecule is c1ccc(-c2ccc(N(c3ccc4c(c3)sc3c(-c5ccccc5)cccc34)c3ccc4ccc5ccccc5c4c3)c3c2oc2ccccc23)cc1. The molecule has 0 radical (unpaired) electrons. The van der Waals surface area contributed by atoms with Gasteiger partial charge in [0.15, 0.2) is 0 Å². The Kier molecular flexibility index (Phi) is 6.76. The monoisotopic (exact) mass is 693 g/mol. The fourth-order valence-electron chi connectivity index (χ4n) is 8.17. The van der Waals surface area contributed by atoms with Crippen LogP contribution in [0.25, 0.3) is 85.9 Å². The molecule has 2 heterocycles. The van der Waals surface area contributed by atoms with Gasteiger partial charge in [-0.25, -0.2) is 0 Å². The fraction of sp³-hybridized carbons (Fsp3) is 0. The molecule has 0 unspecified atom stereocenters. The normalized spacial score (nSPS) is 11.8. The topological polar surface area (TPSA) is 16.4 Å². The van der Waals surface area contributed by atoms with Crippen molar-refractivity contribution in [1.82, 2.24) is 0 Å². The van der Waals surface area contributed by atoms with Gasteiger partial charge in [0.05, 0.1) is 11.1 Å². The van der Waals surface area contributed by atoms with Crippen LogP contribution in [0.2, 0.25) is 0 Å². The lowest BCUT2D eigenvalue weighted by Crippen LogP contribution is -2.10. The van der Waals surface area contributed by atoms with Crippen molar-refractivity contribution in [3.63, 3.8) is 0 Å². The lowest BCUT2D eigenvalue weighted by Gasteiger charge is -2.27. The molecule has 0 saturated heterocycles. The van der Waals surface area contributed by atoms with Gasteiger partial charge in [-0.1, -0.05) is 146 Å². The molecule has 0 saturated carbocycles. The highest BCUT2D eigenvalue weighted by Gasteiger charge is 2.23. The van der Waals surface area contributed by atoms with Crippen molar-refractivity contribution in [2.45, 2.75) is 0 Å². The lowest BCUT2D eigenvalue weighted by atomic mass is 9.98. The van der Waals surface area contributed by atoms with Crippen LogP contribution in [0.15, 0.2) is 192 Å². The number of hydrogen-bond donors (Lipinski definition) is 0. The zero-order chi connectivity index (χ0) is 34.9. The minimum absolute atomic E-state index is 0.880. The molecule has 53 heavy (non-hydrogen) atoms. The van der Waals surface area contributed by atoms with Gasteiger partial charge in [0.1, 0.15) is 11.2 Å². The van der Waals surface area contributed by atoms with Crippen LogP contribution in [0.3, 0.4) is 0 Å². The third kappa shape index (κ3) is 4.78. The van der Waals surface area contributed by atoms with Crippen molar-refractivity contribution in [2.75, 3.05) is 4.90 Å². The Morgan fingerprint density at radius 1 is 0.415 bits per heavy atom. The van der Waals surface area contributed by atoms with Gasteiger partial charge in [-0.05, 0) is 80.7 Å². The van der Waals surface area contributed by atoms with E-state index in [1.54, 1.807) is 0 Å². The Labute approximate surface area is 310 Å². The van der Waals surface area contributed by atoms with Crippen LogP contribution in [-0.2, 0) is 0 Å². The van der Waals surface area contributed by atoms with E-state index >= 15 is 0 Å². The largest absolute Gasteiger partial charge is 0.455 e. The number of benzene rings is 9. The first-order valence-corrected chi connectivity index (χ1v) is 18.8. The number of thiophene rings is 1. The molecule has 11 aromatic rings. The van der Waals surface area contributed by atoms with Crippen molar-refractivity contribution < 1.29 is 4.42 Å². The summed E-state index contributed by atoms with van der Waals surface area (Å²) in [5, 5.41) is 9.70. The second kappa shape index (κ2) is 11.9. The molecule has 248 valence electrons. The van der Waals surface area contributed by atoms with Crippen LogP contribution in [0.1, 0.15) is 0 Å². The van der Waals surface area contributed by atoms with Gasteiger partial charge in [0.2, 0.25) is 0 Å². The minimum Gasteiger partial charge on any atom is -0.455 e. The number of fused-ring (bicyclic) bond motifs is 9. The van der Waals surface area contributed by atoms with E-state index in [0.29, 0.717) is 0 Å². The number of furan rings is 1. The van der Waals surface area contributed by atoms with Crippen molar-refractivity contribution in [2.24, 2.45) is 0 Å². The van der Waals surface area contributed by atoms with Gasteiger partial charge >= 0.3 is 0 Å². The van der Waals surface area contributed by atoms with Crippen molar-refractivity contribution in [3.05, 3.63) is 188 Å². The van der Waals surface area contributed by atoms with E-state index in [1.807, 2.05) is 11.3 Å². The summed E-state index contributed by atoms with van der Waals surface area (Å²) in [5.41, 5.74) is 9.77. The van der Waals surface area contributed by atoms with E-state index in [0.717, 1.165) is 50.1 Å². The van der Waals surface area contributed by atoms with E-state index in [9.17, 15) is 0 Å². The van der Waals surface area contributed by atoms with Gasteiger partial charge in [0.25, 0.3) is 0 Å². The minimum atomic E-state index is 0.880. The summed E-state index contributed by atoms with van der Waals surface area (Å²) in [6.45, 7) is 0. The van der Waals surface area contributed by atoms with Crippen molar-refractivity contribution >= 4 is 92.1 Å². The van der Waals surface area contributed by atoms with Crippen molar-refractivity contribution in [3.8, 4) is 22.3 Å². The highest BCUT2D eigenvalue weighted by molar-refractivity contribution is 7.26. The predicted molar refractivity (Wildman–Crippen MR) is 227 cm³/mol. The first-order valence-electron chi connectivity index (χ1n) is 18.0. The van der Waals surface area contributed by atoms with E-state index in [1.165, 1.54) is 52.8 Å². The number of rotatable bonds is 5. The van der Waals surface area contributed by atoms with E-state index in [4.69, 9.17) is 4.42 Å². The Morgan fingerprint density at radius 3 is 1.89 bits per heavy atom. The fourth-order valence-corrected chi connectivity index (χ4v) is 9.44. The Bertz CT molecular complexity index is 3180. The van der Waals surface area contributed by atoms with E-state index < -0.39 is 0 Å². The van der Waals surface area contributed by atoms with E-state index in [2.05, 4.69) is 193 Å². The number of hydrogen-bond acceptors (Lipinski definition) is 3. The molecule has 2 nitrogen and oxygen atoms in total. The maximum absolute atomic E-state index is 6.77. The Balaban J connectivity index is 1.20. The van der Waals surface area contributed by atoms with Gasteiger partial charge < -0.3 is 9.32 Å². The first-order chi connectivity index (χ1) is 26.3. The zero-order valence-corrected chi connectivity index (χ0v) is 29.5. The molecule has 0 aliphatic rings. The summed E-state index contributed by atoms with van der Waals surface area (Å²) in [6.07, 6.45) is 0. The molecule has 0 N–H and O–H groups in total. The van der Waals surface area contributed by atoms with Gasteiger partial charge in [0, 0.05) is 42.5 Å². The summed E-state index contributed by atoms with van der Waals surface area (Å²) >= 11 is 1.87. The second-order valence-electron chi connectivity index (χ2n) is 13.7. The molecule has 0 spiro atoms. The van der Waals surface area contributed by atoms with Gasteiger partial charge in [-0.3, -0.25) is 0 Å². The summed E-state index contributed by atoms with van der Waals surface area (Å²) in [5.74, 6) is 0. The molecule has 11 rings (SSSR count). The molecular formula is C50H31NOS. The maximum Gasteiger partial charge on any atom is 0.145 e. The highest BCUT2D eigenvalue weighted by atomic mass is 32.1. The van der Waals surface area contributed by atoms with Crippen LogP contribution in [0.5, 0.6) is 0 Å². The van der Waals surface area contributed by atoms with Crippen molar-refractivity contribution in [1.29, 1.82) is 0 Å². The summed E-state index contributed by atoms with van der Waals surface area (Å²) in [7, 11) is 0. The standard InChI is InChI=1S/C50H31NOS/c1-3-12-32(13-4-1)39-28-29-45(48-43-18-9-10-21-46(43)52-49(39)48)51(36-25-24-35-23-22-34-16-7-8-17-38(34)44(35)30-36)37-26-27-41-42-20-11-19-40(33-14-5-2-6-15-33)50(42)53-47(41)31-37/h1-31H. The predicted octanol–water partition coefficient (Wildman–Crippen LogP) is 15.1. The summed E-state index contributed by atoms with van der Waals surface area (Å²) in [4.78, 5) is 2.43. The van der Waals surface area contributed by atoms with Crippen LogP contribution >= 0.6 is 11.3 Å². The molecule has 0 fully saturated rings. The molecule has 0 atom stereocenters. The first kappa shape index (κ1) is 30.0. The quantitative estimate of drug-likeness (QED) is 0.167. The lowest BCUT2D eigenvalue weighted by molar-refractivity contribution is 0.670. The molecule has 0 aliphatic carbocycles. The smallest absolute Gasteiger partial charge is 0.145 e. The molecule has 0 amide bonds. The molecular weight excluding hydrogens is 663 g/mol. The van der Waals surface area contributed by atoms with Crippen LogP contribution in [0, 0.1) is 0 Å². The maximum atomic E-state index is 6.77. The molecule has 0 aliphatic heterocycles. The number of anilines is 3. The molecule has 9 aromatic carbocycles. The average molecular weight is 694 g/mol. The van der Waals surface area contributed by atoms with E-state index in [-0.39, 0.29) is 0 Å². The van der Waals surface area contributed by atoms with Gasteiger partial charge in [-0.15, -0.1) is 11.3 Å².